The van der Waals surface area contributed by atoms with Gasteiger partial charge in [0.2, 0.25) is 0 Å². The van der Waals surface area contributed by atoms with E-state index in [-0.39, 0.29) is 0 Å². The molecule has 0 unspecified atom stereocenters. The summed E-state index contributed by atoms with van der Waals surface area (Å²) in [4.78, 5) is 4.17. The van der Waals surface area contributed by atoms with Crippen LogP contribution in [0.25, 0.3) is 11.3 Å². The Morgan fingerprint density at radius 1 is 0.812 bits per heavy atom. The summed E-state index contributed by atoms with van der Waals surface area (Å²) in [6.07, 6.45) is 1.61. The highest BCUT2D eigenvalue weighted by Gasteiger charge is 2.09. The van der Waals surface area contributed by atoms with Gasteiger partial charge >= 0.3 is 0 Å². The molecule has 0 N–H and O–H groups in total. The van der Waals surface area contributed by atoms with Crippen molar-refractivity contribution in [2.24, 2.45) is 0 Å². The van der Waals surface area contributed by atoms with Crippen molar-refractivity contribution < 1.29 is 0 Å². The van der Waals surface area contributed by atoms with Gasteiger partial charge in [-0.1, -0.05) is 46.4 Å². The number of aromatic nitrogens is 1. The van der Waals surface area contributed by atoms with E-state index in [1.165, 1.54) is 0 Å². The Morgan fingerprint density at radius 2 is 1.50 bits per heavy atom. The van der Waals surface area contributed by atoms with Crippen molar-refractivity contribution in [3.05, 3.63) is 50.6 Å². The molecule has 0 amide bonds. The summed E-state index contributed by atoms with van der Waals surface area (Å²) < 4.78 is 0. The molecule has 0 saturated heterocycles. The molecule has 0 aliphatic heterocycles. The van der Waals surface area contributed by atoms with Crippen molar-refractivity contribution in [1.29, 1.82) is 0 Å². The van der Waals surface area contributed by atoms with Gasteiger partial charge in [0.1, 0.15) is 0 Å². The minimum absolute atomic E-state index is 0.414. The first-order valence-corrected chi connectivity index (χ1v) is 5.85. The molecule has 2 rings (SSSR count). The van der Waals surface area contributed by atoms with E-state index in [0.29, 0.717) is 31.3 Å². The van der Waals surface area contributed by atoms with Crippen LogP contribution in [0.1, 0.15) is 0 Å². The second-order valence-electron chi connectivity index (χ2n) is 3.11. The summed E-state index contributed by atoms with van der Waals surface area (Å²) in [5, 5.41) is 1.93. The van der Waals surface area contributed by atoms with E-state index >= 15 is 0 Å². The summed E-state index contributed by atoms with van der Waals surface area (Å²) in [7, 11) is 0. The van der Waals surface area contributed by atoms with E-state index in [1.54, 1.807) is 30.5 Å². The van der Waals surface area contributed by atoms with Crippen LogP contribution in [0.3, 0.4) is 0 Å². The zero-order valence-corrected chi connectivity index (χ0v) is 10.9. The fourth-order valence-electron chi connectivity index (χ4n) is 1.27. The molecular formula is C11H5Cl4N. The summed E-state index contributed by atoms with van der Waals surface area (Å²) >= 11 is 23.7. The molecule has 1 nitrogen and oxygen atoms in total. The number of benzene rings is 1. The average Bonchev–Trinajstić information content (AvgIpc) is 2.23. The quantitative estimate of drug-likeness (QED) is 0.645. The Labute approximate surface area is 113 Å². The van der Waals surface area contributed by atoms with Crippen LogP contribution in [0.2, 0.25) is 20.1 Å². The van der Waals surface area contributed by atoms with Gasteiger partial charge in [-0.15, -0.1) is 0 Å². The molecule has 0 aliphatic carbocycles. The zero-order valence-electron chi connectivity index (χ0n) is 7.85. The second-order valence-corrected chi connectivity index (χ2v) is 4.76. The minimum atomic E-state index is 0.414. The lowest BCUT2D eigenvalue weighted by Gasteiger charge is -2.06. The van der Waals surface area contributed by atoms with Gasteiger partial charge in [-0.3, -0.25) is 4.98 Å². The van der Waals surface area contributed by atoms with Gasteiger partial charge in [0.15, 0.2) is 0 Å². The summed E-state index contributed by atoms with van der Waals surface area (Å²) in [5.41, 5.74) is 1.37. The summed E-state index contributed by atoms with van der Waals surface area (Å²) in [6.45, 7) is 0. The molecule has 2 aromatic rings. The molecule has 0 fully saturated rings. The Morgan fingerprint density at radius 3 is 2.19 bits per heavy atom. The Kier molecular flexibility index (Phi) is 3.60. The molecule has 16 heavy (non-hydrogen) atoms. The highest BCUT2D eigenvalue weighted by atomic mass is 35.5. The van der Waals surface area contributed by atoms with Gasteiger partial charge in [-0.2, -0.15) is 0 Å². The van der Waals surface area contributed by atoms with Gasteiger partial charge in [-0.05, 0) is 24.3 Å². The standard InChI is InChI=1S/C11H5Cl4N/c12-6-1-2-16-11(3-6)7-4-9(14)10(15)5-8(7)13/h1-5H. The molecule has 0 atom stereocenters. The molecule has 0 aliphatic rings. The molecule has 0 bridgehead atoms. The van der Waals surface area contributed by atoms with Crippen LogP contribution in [-0.4, -0.2) is 4.98 Å². The topological polar surface area (TPSA) is 12.9 Å². The third-order valence-electron chi connectivity index (χ3n) is 2.01. The maximum Gasteiger partial charge on any atom is 0.0732 e. The smallest absolute Gasteiger partial charge is 0.0732 e. The average molecular weight is 293 g/mol. The van der Waals surface area contributed by atoms with Crippen LogP contribution in [0.4, 0.5) is 0 Å². The highest BCUT2D eigenvalue weighted by molar-refractivity contribution is 6.44. The number of nitrogens with zero attached hydrogens (tertiary/aromatic N) is 1. The monoisotopic (exact) mass is 291 g/mol. The van der Waals surface area contributed by atoms with Crippen molar-refractivity contribution in [2.75, 3.05) is 0 Å². The third kappa shape index (κ3) is 2.44. The first-order valence-electron chi connectivity index (χ1n) is 4.34. The van der Waals surface area contributed by atoms with Gasteiger partial charge in [0, 0.05) is 16.8 Å². The van der Waals surface area contributed by atoms with Gasteiger partial charge in [0.05, 0.1) is 20.8 Å². The van der Waals surface area contributed by atoms with Gasteiger partial charge in [-0.25, -0.2) is 0 Å². The fraction of sp³-hybridized carbons (Fsp3) is 0. The van der Waals surface area contributed by atoms with E-state index in [0.717, 1.165) is 0 Å². The van der Waals surface area contributed by atoms with Crippen molar-refractivity contribution in [2.45, 2.75) is 0 Å². The van der Waals surface area contributed by atoms with Crippen molar-refractivity contribution >= 4 is 46.4 Å². The molecule has 0 radical (unpaired) electrons. The highest BCUT2D eigenvalue weighted by Crippen LogP contribution is 2.34. The SMILES string of the molecule is Clc1ccnc(-c2cc(Cl)c(Cl)cc2Cl)c1. The molecular weight excluding hydrogens is 288 g/mol. The van der Waals surface area contributed by atoms with Crippen LogP contribution in [0, 0.1) is 0 Å². The lowest BCUT2D eigenvalue weighted by Crippen LogP contribution is -1.85. The van der Waals surface area contributed by atoms with E-state index in [1.807, 2.05) is 0 Å². The molecule has 82 valence electrons. The van der Waals surface area contributed by atoms with Crippen molar-refractivity contribution in [3.63, 3.8) is 0 Å². The van der Waals surface area contributed by atoms with E-state index in [2.05, 4.69) is 4.98 Å². The van der Waals surface area contributed by atoms with Crippen LogP contribution >= 0.6 is 46.4 Å². The molecule has 1 aromatic carbocycles. The van der Waals surface area contributed by atoms with Gasteiger partial charge in [0.25, 0.3) is 0 Å². The Hall–Kier alpha value is -0.470. The van der Waals surface area contributed by atoms with Crippen LogP contribution in [0.15, 0.2) is 30.5 Å². The zero-order chi connectivity index (χ0) is 11.7. The number of hydrogen-bond acceptors (Lipinski definition) is 1. The number of rotatable bonds is 1. The van der Waals surface area contributed by atoms with Crippen LogP contribution in [0.5, 0.6) is 0 Å². The number of hydrogen-bond donors (Lipinski definition) is 0. The van der Waals surface area contributed by atoms with E-state index < -0.39 is 0 Å². The molecule has 5 heteroatoms. The Bertz CT molecular complexity index is 540. The van der Waals surface area contributed by atoms with Gasteiger partial charge < -0.3 is 0 Å². The second kappa shape index (κ2) is 4.80. The first-order chi connectivity index (χ1) is 7.58. The van der Waals surface area contributed by atoms with E-state index in [9.17, 15) is 0 Å². The number of halogens is 4. The lowest BCUT2D eigenvalue weighted by molar-refractivity contribution is 1.33. The normalized spacial score (nSPS) is 10.5. The maximum absolute atomic E-state index is 6.06. The van der Waals surface area contributed by atoms with Crippen LogP contribution in [-0.2, 0) is 0 Å². The van der Waals surface area contributed by atoms with Crippen molar-refractivity contribution in [3.8, 4) is 11.3 Å². The minimum Gasteiger partial charge on any atom is -0.256 e. The fourth-order valence-corrected chi connectivity index (χ4v) is 2.07. The predicted molar refractivity (Wildman–Crippen MR) is 69.7 cm³/mol. The summed E-state index contributed by atoms with van der Waals surface area (Å²) in [5.74, 6) is 0. The third-order valence-corrected chi connectivity index (χ3v) is 3.28. The molecule has 1 aromatic heterocycles. The summed E-state index contributed by atoms with van der Waals surface area (Å²) in [6, 6.07) is 6.66. The molecule has 0 spiro atoms. The molecule has 1 heterocycles. The first kappa shape index (κ1) is 12.0. The van der Waals surface area contributed by atoms with Crippen molar-refractivity contribution in [1.82, 2.24) is 4.98 Å². The van der Waals surface area contributed by atoms with E-state index in [4.69, 9.17) is 46.4 Å². The van der Waals surface area contributed by atoms with Crippen LogP contribution < -0.4 is 0 Å². The lowest BCUT2D eigenvalue weighted by atomic mass is 10.1. The molecule has 0 saturated carbocycles. The predicted octanol–water partition coefficient (Wildman–Crippen LogP) is 5.36. The largest absolute Gasteiger partial charge is 0.256 e. The Balaban J connectivity index is 2.60. The number of pyridine rings is 1. The maximum atomic E-state index is 6.06.